The molecule has 3 aromatic rings. The van der Waals surface area contributed by atoms with Crippen molar-refractivity contribution in [3.8, 4) is 17.2 Å². The second-order valence-corrected chi connectivity index (χ2v) is 6.18. The molecule has 27 heavy (non-hydrogen) atoms. The number of rotatable bonds is 5. The van der Waals surface area contributed by atoms with E-state index in [0.717, 1.165) is 11.3 Å². The number of amides is 1. The topological polar surface area (TPSA) is 69.9 Å². The van der Waals surface area contributed by atoms with E-state index < -0.39 is 0 Å². The zero-order valence-electron chi connectivity index (χ0n) is 14.9. The van der Waals surface area contributed by atoms with E-state index in [1.807, 2.05) is 31.2 Å². The average molecular weight is 365 g/mol. The summed E-state index contributed by atoms with van der Waals surface area (Å²) < 4.78 is 22.3. The van der Waals surface area contributed by atoms with E-state index in [1.54, 1.807) is 30.3 Å². The van der Waals surface area contributed by atoms with Crippen LogP contribution in [0.3, 0.4) is 0 Å². The molecule has 6 nitrogen and oxygen atoms in total. The number of hydrogen-bond acceptors (Lipinski definition) is 5. The molecule has 0 radical (unpaired) electrons. The fourth-order valence-corrected chi connectivity index (χ4v) is 2.75. The average Bonchev–Trinajstić information content (AvgIpc) is 3.16. The number of furan rings is 1. The van der Waals surface area contributed by atoms with E-state index in [9.17, 15) is 4.79 Å². The first-order valence-electron chi connectivity index (χ1n) is 8.66. The van der Waals surface area contributed by atoms with E-state index >= 15 is 0 Å². The van der Waals surface area contributed by atoms with Crippen molar-refractivity contribution in [3.05, 3.63) is 71.7 Å². The maximum atomic E-state index is 12.4. The van der Waals surface area contributed by atoms with Crippen molar-refractivity contribution >= 4 is 11.6 Å². The summed E-state index contributed by atoms with van der Waals surface area (Å²) in [4.78, 5) is 12.4. The van der Waals surface area contributed by atoms with Gasteiger partial charge in [0.05, 0.1) is 0 Å². The highest BCUT2D eigenvalue weighted by Gasteiger charge is 2.15. The van der Waals surface area contributed by atoms with E-state index in [1.165, 1.54) is 0 Å². The van der Waals surface area contributed by atoms with Gasteiger partial charge in [0.25, 0.3) is 5.91 Å². The van der Waals surface area contributed by atoms with Crippen molar-refractivity contribution in [3.63, 3.8) is 0 Å². The smallest absolute Gasteiger partial charge is 0.291 e. The van der Waals surface area contributed by atoms with Crippen molar-refractivity contribution in [1.82, 2.24) is 0 Å². The summed E-state index contributed by atoms with van der Waals surface area (Å²) in [5, 5.41) is 2.79. The van der Waals surface area contributed by atoms with Gasteiger partial charge in [-0.3, -0.25) is 4.79 Å². The molecule has 1 aromatic heterocycles. The molecule has 2 heterocycles. The number of carbonyl (C=O) groups is 1. The predicted octanol–water partition coefficient (Wildman–Crippen LogP) is 4.19. The molecule has 0 unspecified atom stereocenters. The van der Waals surface area contributed by atoms with Gasteiger partial charge in [-0.1, -0.05) is 12.1 Å². The molecule has 138 valence electrons. The number of fused-ring (bicyclic) bond motifs is 1. The fraction of sp³-hybridized carbons (Fsp3) is 0.190. The minimum Gasteiger partial charge on any atom is -0.486 e. The Bertz CT molecular complexity index is 963. The number of hydrogen-bond donors (Lipinski definition) is 1. The molecular formula is C21H19NO5. The zero-order valence-corrected chi connectivity index (χ0v) is 14.9. The first-order chi connectivity index (χ1) is 13.2. The lowest BCUT2D eigenvalue weighted by Crippen LogP contribution is -2.16. The van der Waals surface area contributed by atoms with Gasteiger partial charge in [-0.25, -0.2) is 0 Å². The Kier molecular flexibility index (Phi) is 4.70. The summed E-state index contributed by atoms with van der Waals surface area (Å²) in [6.07, 6.45) is 0. The van der Waals surface area contributed by atoms with Crippen molar-refractivity contribution in [2.75, 3.05) is 18.5 Å². The molecule has 0 bridgehead atoms. The van der Waals surface area contributed by atoms with E-state index in [0.29, 0.717) is 36.2 Å². The molecule has 0 saturated heterocycles. The molecule has 0 atom stereocenters. The number of nitrogens with one attached hydrogen (secondary N) is 1. The van der Waals surface area contributed by atoms with Crippen LogP contribution in [0, 0.1) is 6.92 Å². The van der Waals surface area contributed by atoms with E-state index in [2.05, 4.69) is 5.32 Å². The molecular weight excluding hydrogens is 346 g/mol. The summed E-state index contributed by atoms with van der Waals surface area (Å²) in [5.74, 6) is 2.50. The van der Waals surface area contributed by atoms with Crippen LogP contribution in [0.25, 0.3) is 0 Å². The number of aryl methyl sites for hydroxylation is 1. The third-order valence-electron chi connectivity index (χ3n) is 4.06. The number of ether oxygens (including phenoxy) is 3. The van der Waals surface area contributed by atoms with Crippen LogP contribution in [0.4, 0.5) is 5.69 Å². The second kappa shape index (κ2) is 7.45. The van der Waals surface area contributed by atoms with Crippen LogP contribution in [0.2, 0.25) is 0 Å². The highest BCUT2D eigenvalue weighted by Crippen LogP contribution is 2.32. The van der Waals surface area contributed by atoms with Crippen molar-refractivity contribution in [1.29, 1.82) is 0 Å². The molecule has 4 rings (SSSR count). The summed E-state index contributed by atoms with van der Waals surface area (Å²) >= 11 is 0. The Balaban J connectivity index is 1.38. The quantitative estimate of drug-likeness (QED) is 0.734. The van der Waals surface area contributed by atoms with Gasteiger partial charge in [0.15, 0.2) is 17.3 Å². The van der Waals surface area contributed by atoms with Gasteiger partial charge in [-0.2, -0.15) is 0 Å². The number of anilines is 1. The number of carbonyl (C=O) groups excluding carboxylic acids is 1. The molecule has 6 heteroatoms. The summed E-state index contributed by atoms with van der Waals surface area (Å²) in [5.41, 5.74) is 1.73. The van der Waals surface area contributed by atoms with Crippen LogP contribution in [0.1, 0.15) is 21.9 Å². The fourth-order valence-electron chi connectivity index (χ4n) is 2.75. The Morgan fingerprint density at radius 2 is 1.89 bits per heavy atom. The van der Waals surface area contributed by atoms with E-state index in [4.69, 9.17) is 18.6 Å². The highest BCUT2D eigenvalue weighted by molar-refractivity contribution is 6.02. The Morgan fingerprint density at radius 3 is 2.74 bits per heavy atom. The standard InChI is InChI=1S/C21H19NO5/c1-14-3-2-4-16(11-14)26-13-17-6-8-19(27-17)21(23)22-15-5-7-18-20(12-15)25-10-9-24-18/h2-8,11-12H,9-10,13H2,1H3,(H,22,23). The van der Waals surface area contributed by atoms with E-state index in [-0.39, 0.29) is 18.3 Å². The first kappa shape index (κ1) is 17.0. The molecule has 0 fully saturated rings. The lowest BCUT2D eigenvalue weighted by Gasteiger charge is -2.18. The minimum atomic E-state index is -0.339. The highest BCUT2D eigenvalue weighted by atomic mass is 16.6. The summed E-state index contributed by atoms with van der Waals surface area (Å²) in [6, 6.07) is 16.4. The Hall–Kier alpha value is -3.41. The van der Waals surface area contributed by atoms with Gasteiger partial charge < -0.3 is 23.9 Å². The van der Waals surface area contributed by atoms with Crippen LogP contribution < -0.4 is 19.5 Å². The van der Waals surface area contributed by atoms with Crippen molar-refractivity contribution in [2.24, 2.45) is 0 Å². The maximum absolute atomic E-state index is 12.4. The molecule has 1 N–H and O–H groups in total. The molecule has 1 aliphatic rings. The predicted molar refractivity (Wildman–Crippen MR) is 99.6 cm³/mol. The molecule has 2 aromatic carbocycles. The monoisotopic (exact) mass is 365 g/mol. The summed E-state index contributed by atoms with van der Waals surface area (Å²) in [7, 11) is 0. The maximum Gasteiger partial charge on any atom is 0.291 e. The van der Waals surface area contributed by atoms with Gasteiger partial charge >= 0.3 is 0 Å². The van der Waals surface area contributed by atoms with Crippen LogP contribution in [0.15, 0.2) is 59.0 Å². The molecule has 0 spiro atoms. The normalized spacial score (nSPS) is 12.5. The minimum absolute atomic E-state index is 0.215. The van der Waals surface area contributed by atoms with Crippen LogP contribution in [0.5, 0.6) is 17.2 Å². The third kappa shape index (κ3) is 4.06. The Morgan fingerprint density at radius 1 is 1.04 bits per heavy atom. The van der Waals surface area contributed by atoms with Crippen molar-refractivity contribution in [2.45, 2.75) is 13.5 Å². The molecule has 0 saturated carbocycles. The molecule has 1 aliphatic heterocycles. The summed E-state index contributed by atoms with van der Waals surface area (Å²) in [6.45, 7) is 3.27. The Labute approximate surface area is 156 Å². The largest absolute Gasteiger partial charge is 0.486 e. The first-order valence-corrected chi connectivity index (χ1v) is 8.66. The SMILES string of the molecule is Cc1cccc(OCc2ccc(C(=O)Nc3ccc4c(c3)OCCO4)o2)c1. The molecule has 1 amide bonds. The van der Waals surface area contributed by atoms with Gasteiger partial charge in [0.1, 0.15) is 31.3 Å². The number of benzene rings is 2. The van der Waals surface area contributed by atoms with Crippen LogP contribution >= 0.6 is 0 Å². The van der Waals surface area contributed by atoms with Gasteiger partial charge in [0.2, 0.25) is 0 Å². The van der Waals surface area contributed by atoms with Crippen LogP contribution in [-0.2, 0) is 6.61 Å². The van der Waals surface area contributed by atoms with Gasteiger partial charge in [-0.15, -0.1) is 0 Å². The van der Waals surface area contributed by atoms with Crippen molar-refractivity contribution < 1.29 is 23.4 Å². The second-order valence-electron chi connectivity index (χ2n) is 6.18. The van der Waals surface area contributed by atoms with Gasteiger partial charge in [-0.05, 0) is 48.9 Å². The molecule has 0 aliphatic carbocycles. The van der Waals surface area contributed by atoms with Gasteiger partial charge in [0, 0.05) is 11.8 Å². The lowest BCUT2D eigenvalue weighted by molar-refractivity contribution is 0.0992. The lowest BCUT2D eigenvalue weighted by atomic mass is 10.2. The third-order valence-corrected chi connectivity index (χ3v) is 4.06. The zero-order chi connectivity index (χ0) is 18.6. The van der Waals surface area contributed by atoms with Crippen LogP contribution in [-0.4, -0.2) is 19.1 Å².